The van der Waals surface area contributed by atoms with Crippen LogP contribution in [0.4, 0.5) is 0 Å². The van der Waals surface area contributed by atoms with Gasteiger partial charge in [0.2, 0.25) is 0 Å². The second-order valence-corrected chi connectivity index (χ2v) is 7.67. The Labute approximate surface area is 180 Å². The molecule has 1 aromatic rings. The van der Waals surface area contributed by atoms with Gasteiger partial charge in [0, 0.05) is 18.6 Å². The zero-order valence-corrected chi connectivity index (χ0v) is 17.8. The van der Waals surface area contributed by atoms with Gasteiger partial charge in [0.1, 0.15) is 23.1 Å². The van der Waals surface area contributed by atoms with Gasteiger partial charge in [0.25, 0.3) is 0 Å². The van der Waals surface area contributed by atoms with Gasteiger partial charge in [-0.3, -0.25) is 4.79 Å². The predicted octanol–water partition coefficient (Wildman–Crippen LogP) is 2.45. The van der Waals surface area contributed by atoms with Crippen LogP contribution in [0, 0.1) is 0 Å². The molecular formula is C23H28O6S. The maximum absolute atomic E-state index is 12.5. The van der Waals surface area contributed by atoms with Crippen LogP contribution in [0.25, 0.3) is 0 Å². The molecule has 0 radical (unpaired) electrons. The highest BCUT2D eigenvalue weighted by Crippen LogP contribution is 2.31. The summed E-state index contributed by atoms with van der Waals surface area (Å²) in [5.74, 6) is 0.385. The summed E-state index contributed by atoms with van der Waals surface area (Å²) in [4.78, 5) is 12.5. The van der Waals surface area contributed by atoms with E-state index in [1.165, 1.54) is 12.2 Å². The lowest BCUT2D eigenvalue weighted by atomic mass is 10.0. The molecule has 1 aliphatic rings. The Morgan fingerprint density at radius 1 is 1.27 bits per heavy atom. The summed E-state index contributed by atoms with van der Waals surface area (Å²) >= 11 is 0.308. The Bertz CT molecular complexity index is 865. The van der Waals surface area contributed by atoms with Crippen LogP contribution >= 0.6 is 0 Å². The van der Waals surface area contributed by atoms with Crippen molar-refractivity contribution in [3.8, 4) is 5.75 Å². The van der Waals surface area contributed by atoms with Gasteiger partial charge >= 0.3 is 0 Å². The molecule has 2 rings (SSSR count). The number of carbonyl (C=O) groups is 1. The van der Waals surface area contributed by atoms with Crippen molar-refractivity contribution in [3.63, 3.8) is 0 Å². The molecule has 162 valence electrons. The normalized spacial score (nSPS) is 19.0. The number of hydrogen-bond donors (Lipinski definition) is 3. The number of aliphatic hydroxyl groups is 3. The predicted molar refractivity (Wildman–Crippen MR) is 117 cm³/mol. The number of ketones is 1. The van der Waals surface area contributed by atoms with Crippen LogP contribution in [0.3, 0.4) is 0 Å². The van der Waals surface area contributed by atoms with Crippen LogP contribution in [-0.2, 0) is 16.1 Å². The number of aliphatic hydroxyl groups excluding tert-OH is 3. The maximum Gasteiger partial charge on any atom is 0.196 e. The van der Waals surface area contributed by atoms with Gasteiger partial charge in [-0.2, -0.15) is 0 Å². The van der Waals surface area contributed by atoms with Gasteiger partial charge in [-0.25, -0.2) is 4.21 Å². The number of hydrogen-bond acceptors (Lipinski definition) is 6. The molecule has 0 spiro atoms. The number of Topliss-reactive ketones (excluding diaryl/α,β-unsaturated/α-hetero) is 1. The van der Waals surface area contributed by atoms with Gasteiger partial charge in [0.05, 0.1) is 6.10 Å². The first-order valence-corrected chi connectivity index (χ1v) is 10.7. The number of carbonyl (C=O) groups excluding carboxylic acids is 1. The van der Waals surface area contributed by atoms with Crippen molar-refractivity contribution in [2.24, 2.45) is 0 Å². The van der Waals surface area contributed by atoms with Crippen molar-refractivity contribution in [2.45, 2.75) is 51.2 Å². The lowest BCUT2D eigenvalue weighted by molar-refractivity contribution is -0.112. The van der Waals surface area contributed by atoms with Gasteiger partial charge in [-0.05, 0) is 55.9 Å². The van der Waals surface area contributed by atoms with Crippen molar-refractivity contribution in [1.29, 1.82) is 0 Å². The van der Waals surface area contributed by atoms with Crippen LogP contribution in [0.15, 0.2) is 65.3 Å². The lowest BCUT2D eigenvalue weighted by Crippen LogP contribution is -2.12. The van der Waals surface area contributed by atoms with E-state index in [0.29, 0.717) is 65.3 Å². The van der Waals surface area contributed by atoms with Crippen LogP contribution in [0.2, 0.25) is 0 Å². The Kier molecular flexibility index (Phi) is 9.89. The summed E-state index contributed by atoms with van der Waals surface area (Å²) in [6.45, 7) is 1.70. The molecule has 0 fully saturated rings. The minimum absolute atomic E-state index is 0.00997. The van der Waals surface area contributed by atoms with Crippen molar-refractivity contribution in [3.05, 3.63) is 65.3 Å². The first-order valence-electron chi connectivity index (χ1n) is 9.96. The van der Waals surface area contributed by atoms with Gasteiger partial charge in [0.15, 0.2) is 10.8 Å². The second-order valence-electron chi connectivity index (χ2n) is 7.05. The molecule has 1 aliphatic carbocycles. The summed E-state index contributed by atoms with van der Waals surface area (Å²) in [7, 11) is 0. The van der Waals surface area contributed by atoms with Gasteiger partial charge < -0.3 is 20.1 Å². The van der Waals surface area contributed by atoms with E-state index in [0.717, 1.165) is 0 Å². The monoisotopic (exact) mass is 432 g/mol. The zero-order chi connectivity index (χ0) is 21.9. The van der Waals surface area contributed by atoms with E-state index in [1.807, 2.05) is 18.2 Å². The topological polar surface area (TPSA) is 104 Å². The van der Waals surface area contributed by atoms with E-state index in [1.54, 1.807) is 25.1 Å². The summed E-state index contributed by atoms with van der Waals surface area (Å²) in [6, 6.07) is 9.05. The Morgan fingerprint density at radius 3 is 2.67 bits per heavy atom. The van der Waals surface area contributed by atoms with E-state index < -0.39 is 12.2 Å². The van der Waals surface area contributed by atoms with Crippen LogP contribution < -0.4 is 4.74 Å². The van der Waals surface area contributed by atoms with E-state index in [4.69, 9.17) is 9.84 Å². The lowest BCUT2D eigenvalue weighted by Gasteiger charge is -2.11. The Hall–Kier alpha value is -2.32. The number of para-hydroxylation sites is 1. The number of allylic oxidation sites excluding steroid dienone is 3. The number of ether oxygens (including phenoxy) is 1. The molecular weight excluding hydrogens is 404 g/mol. The molecule has 30 heavy (non-hydrogen) atoms. The first-order chi connectivity index (χ1) is 14.5. The molecule has 0 saturated heterocycles. The number of benzene rings is 1. The smallest absolute Gasteiger partial charge is 0.196 e. The van der Waals surface area contributed by atoms with E-state index >= 15 is 0 Å². The minimum Gasteiger partial charge on any atom is -0.448 e. The van der Waals surface area contributed by atoms with Gasteiger partial charge in [-0.15, -0.1) is 0 Å². The highest BCUT2D eigenvalue weighted by atomic mass is 32.1. The van der Waals surface area contributed by atoms with Crippen LogP contribution in [-0.4, -0.2) is 49.2 Å². The third-order valence-electron chi connectivity index (χ3n) is 4.87. The molecule has 3 N–H and O–H groups in total. The molecule has 2 atom stereocenters. The van der Waals surface area contributed by atoms with Gasteiger partial charge in [-0.1, -0.05) is 36.4 Å². The van der Waals surface area contributed by atoms with Crippen molar-refractivity contribution in [2.75, 3.05) is 6.61 Å². The molecule has 0 heterocycles. The average molecular weight is 433 g/mol. The fraction of sp³-hybridized carbons (Fsp3) is 0.391. The molecule has 7 heteroatoms. The molecule has 0 amide bonds. The fourth-order valence-corrected chi connectivity index (χ4v) is 3.57. The standard InChI is InChI=1S/C23H28O6S/c1-16-19(12-6-14-21(30-28)29-18-10-3-2-4-11-18)23(27)20(22(16)26)13-5-8-17(25)9-7-15-24/h2-5,8,10-11,13,17,23-25,27H,6-7,9,12,14-15H2,1H3. The van der Waals surface area contributed by atoms with Crippen molar-refractivity contribution < 1.29 is 29.1 Å². The van der Waals surface area contributed by atoms with Crippen molar-refractivity contribution >= 4 is 22.1 Å². The molecule has 0 saturated carbocycles. The molecule has 0 aliphatic heterocycles. The van der Waals surface area contributed by atoms with Crippen LogP contribution in [0.5, 0.6) is 5.75 Å². The highest BCUT2D eigenvalue weighted by molar-refractivity contribution is 7.66. The average Bonchev–Trinajstić information content (AvgIpc) is 2.95. The third kappa shape index (κ3) is 6.88. The van der Waals surface area contributed by atoms with E-state index in [2.05, 4.69) is 0 Å². The summed E-state index contributed by atoms with van der Waals surface area (Å²) in [5.41, 5.74) is 1.44. The summed E-state index contributed by atoms with van der Waals surface area (Å²) in [6.07, 6.45) is 5.28. The van der Waals surface area contributed by atoms with Crippen LogP contribution in [0.1, 0.15) is 39.0 Å². The van der Waals surface area contributed by atoms with E-state index in [9.17, 15) is 19.2 Å². The Balaban J connectivity index is 1.93. The second kappa shape index (κ2) is 12.4. The molecule has 0 aromatic heterocycles. The summed E-state index contributed by atoms with van der Waals surface area (Å²) in [5, 5.41) is 29.5. The quantitative estimate of drug-likeness (QED) is 0.388. The van der Waals surface area contributed by atoms with Crippen molar-refractivity contribution in [1.82, 2.24) is 0 Å². The maximum atomic E-state index is 12.5. The Morgan fingerprint density at radius 2 is 2.00 bits per heavy atom. The SMILES string of the molecule is CC1=C(CCCC(Oc2ccccc2)=S=O)C(O)C(=CC=CC(O)CCCO)C1=O. The fourth-order valence-electron chi connectivity index (χ4n) is 3.21. The minimum atomic E-state index is -0.991. The molecule has 2 unspecified atom stereocenters. The molecule has 0 bridgehead atoms. The molecule has 1 aromatic carbocycles. The largest absolute Gasteiger partial charge is 0.448 e. The zero-order valence-electron chi connectivity index (χ0n) is 17.0. The third-order valence-corrected chi connectivity index (χ3v) is 5.34. The summed E-state index contributed by atoms with van der Waals surface area (Å²) < 4.78 is 16.9. The molecule has 6 nitrogen and oxygen atoms in total. The first kappa shape index (κ1) is 24.0. The van der Waals surface area contributed by atoms with E-state index in [-0.39, 0.29) is 18.0 Å². The number of rotatable bonds is 10. The highest BCUT2D eigenvalue weighted by Gasteiger charge is 2.32.